The summed E-state index contributed by atoms with van der Waals surface area (Å²) in [5.74, 6) is 0.494. The van der Waals surface area contributed by atoms with Crippen molar-refractivity contribution < 1.29 is 4.79 Å². The van der Waals surface area contributed by atoms with E-state index in [-0.39, 0.29) is 11.8 Å². The fourth-order valence-electron chi connectivity index (χ4n) is 1.57. The molecule has 1 amide bonds. The van der Waals surface area contributed by atoms with Crippen molar-refractivity contribution in [1.29, 1.82) is 0 Å². The predicted molar refractivity (Wildman–Crippen MR) is 43.8 cm³/mol. The molecule has 0 radical (unpaired) electrons. The van der Waals surface area contributed by atoms with Crippen LogP contribution in [0.15, 0.2) is 0 Å². The Morgan fingerprint density at radius 3 is 2.55 bits per heavy atom. The summed E-state index contributed by atoms with van der Waals surface area (Å²) < 4.78 is 0. The van der Waals surface area contributed by atoms with Crippen molar-refractivity contribution in [3.63, 3.8) is 0 Å². The standard InChI is InChI=1S/C8H16N2O/c1-10(6-9)8(11)7-4-2-3-5-7/h7H,2-6,9H2,1H3. The molecule has 1 saturated carbocycles. The monoisotopic (exact) mass is 156 g/mol. The molecule has 3 heteroatoms. The van der Waals surface area contributed by atoms with E-state index in [0.29, 0.717) is 6.67 Å². The maximum atomic E-state index is 11.4. The minimum Gasteiger partial charge on any atom is -0.333 e. The van der Waals surface area contributed by atoms with Gasteiger partial charge in [-0.05, 0) is 12.8 Å². The lowest BCUT2D eigenvalue weighted by Crippen LogP contribution is -2.35. The lowest BCUT2D eigenvalue weighted by atomic mass is 10.1. The molecule has 0 aliphatic heterocycles. The molecule has 64 valence electrons. The highest BCUT2D eigenvalue weighted by Crippen LogP contribution is 2.25. The maximum absolute atomic E-state index is 11.4. The number of hydrogen-bond acceptors (Lipinski definition) is 2. The summed E-state index contributed by atoms with van der Waals surface area (Å²) in [6.45, 7) is 0.343. The quantitative estimate of drug-likeness (QED) is 0.593. The Morgan fingerprint density at radius 1 is 1.55 bits per heavy atom. The molecule has 3 nitrogen and oxygen atoms in total. The van der Waals surface area contributed by atoms with Crippen LogP contribution in [0.1, 0.15) is 25.7 Å². The van der Waals surface area contributed by atoms with E-state index in [1.807, 2.05) is 0 Å². The van der Waals surface area contributed by atoms with E-state index in [2.05, 4.69) is 0 Å². The van der Waals surface area contributed by atoms with E-state index in [4.69, 9.17) is 5.73 Å². The van der Waals surface area contributed by atoms with Crippen LogP contribution in [0.3, 0.4) is 0 Å². The molecule has 1 aliphatic carbocycles. The average molecular weight is 156 g/mol. The Kier molecular flexibility index (Phi) is 2.88. The van der Waals surface area contributed by atoms with Gasteiger partial charge in [0.2, 0.25) is 5.91 Å². The van der Waals surface area contributed by atoms with Crippen molar-refractivity contribution in [3.05, 3.63) is 0 Å². The lowest BCUT2D eigenvalue weighted by Gasteiger charge is -2.18. The van der Waals surface area contributed by atoms with Crippen molar-refractivity contribution in [3.8, 4) is 0 Å². The van der Waals surface area contributed by atoms with Gasteiger partial charge < -0.3 is 10.6 Å². The lowest BCUT2D eigenvalue weighted by molar-refractivity contribution is -0.133. The minimum atomic E-state index is 0.227. The molecule has 0 saturated heterocycles. The van der Waals surface area contributed by atoms with Gasteiger partial charge in [0.15, 0.2) is 0 Å². The Bertz CT molecular complexity index is 141. The molecule has 0 aromatic carbocycles. The first-order valence-corrected chi connectivity index (χ1v) is 4.20. The molecule has 1 rings (SSSR count). The van der Waals surface area contributed by atoms with Gasteiger partial charge in [0, 0.05) is 13.0 Å². The Morgan fingerprint density at radius 2 is 2.09 bits per heavy atom. The van der Waals surface area contributed by atoms with Gasteiger partial charge >= 0.3 is 0 Å². The van der Waals surface area contributed by atoms with E-state index >= 15 is 0 Å². The van der Waals surface area contributed by atoms with Gasteiger partial charge in [-0.15, -0.1) is 0 Å². The van der Waals surface area contributed by atoms with Crippen LogP contribution in [0.4, 0.5) is 0 Å². The second kappa shape index (κ2) is 3.72. The molecular weight excluding hydrogens is 140 g/mol. The van der Waals surface area contributed by atoms with Crippen molar-refractivity contribution in [2.24, 2.45) is 11.7 Å². The number of amides is 1. The molecule has 2 N–H and O–H groups in total. The summed E-state index contributed by atoms with van der Waals surface area (Å²) >= 11 is 0. The molecule has 0 spiro atoms. The number of nitrogens with two attached hydrogens (primary N) is 1. The van der Waals surface area contributed by atoms with Gasteiger partial charge in [-0.3, -0.25) is 4.79 Å². The zero-order valence-corrected chi connectivity index (χ0v) is 7.05. The third kappa shape index (κ3) is 1.93. The molecule has 11 heavy (non-hydrogen) atoms. The zero-order chi connectivity index (χ0) is 8.27. The average Bonchev–Trinajstić information content (AvgIpc) is 2.53. The molecule has 0 unspecified atom stereocenters. The first-order valence-electron chi connectivity index (χ1n) is 4.20. The predicted octanol–water partition coefficient (Wildman–Crippen LogP) is 0.551. The van der Waals surface area contributed by atoms with Crippen LogP contribution >= 0.6 is 0 Å². The van der Waals surface area contributed by atoms with E-state index in [1.54, 1.807) is 11.9 Å². The van der Waals surface area contributed by atoms with Gasteiger partial charge in [-0.25, -0.2) is 0 Å². The highest BCUT2D eigenvalue weighted by atomic mass is 16.2. The number of hydrogen-bond donors (Lipinski definition) is 1. The van der Waals surface area contributed by atoms with Crippen molar-refractivity contribution in [1.82, 2.24) is 4.90 Å². The number of nitrogens with zero attached hydrogens (tertiary/aromatic N) is 1. The smallest absolute Gasteiger partial charge is 0.226 e. The van der Waals surface area contributed by atoms with E-state index in [9.17, 15) is 4.79 Å². The summed E-state index contributed by atoms with van der Waals surface area (Å²) in [7, 11) is 1.76. The topological polar surface area (TPSA) is 46.3 Å². The Balaban J connectivity index is 2.39. The summed E-state index contributed by atoms with van der Waals surface area (Å²) in [6.07, 6.45) is 4.52. The first-order chi connectivity index (χ1) is 5.25. The first kappa shape index (κ1) is 8.53. The van der Waals surface area contributed by atoms with Gasteiger partial charge in [0.1, 0.15) is 0 Å². The summed E-state index contributed by atoms with van der Waals surface area (Å²) in [6, 6.07) is 0. The normalized spacial score (nSPS) is 18.7. The zero-order valence-electron chi connectivity index (χ0n) is 7.05. The van der Waals surface area contributed by atoms with E-state index in [1.165, 1.54) is 12.8 Å². The van der Waals surface area contributed by atoms with Crippen LogP contribution in [0, 0.1) is 5.92 Å². The molecular formula is C8H16N2O. The summed E-state index contributed by atoms with van der Waals surface area (Å²) in [5, 5.41) is 0. The highest BCUT2D eigenvalue weighted by Gasteiger charge is 2.24. The van der Waals surface area contributed by atoms with Crippen molar-refractivity contribution in [2.75, 3.05) is 13.7 Å². The number of carbonyl (C=O) groups excluding carboxylic acids is 1. The molecule has 1 aliphatic rings. The second-order valence-corrected chi connectivity index (χ2v) is 3.20. The third-order valence-corrected chi connectivity index (χ3v) is 2.35. The van der Waals surface area contributed by atoms with Gasteiger partial charge in [-0.2, -0.15) is 0 Å². The summed E-state index contributed by atoms with van der Waals surface area (Å²) in [4.78, 5) is 13.0. The third-order valence-electron chi connectivity index (χ3n) is 2.35. The summed E-state index contributed by atoms with van der Waals surface area (Å²) in [5.41, 5.74) is 5.35. The fourth-order valence-corrected chi connectivity index (χ4v) is 1.57. The van der Waals surface area contributed by atoms with Crippen LogP contribution < -0.4 is 5.73 Å². The van der Waals surface area contributed by atoms with Crippen LogP contribution in [-0.2, 0) is 4.79 Å². The molecule has 1 fully saturated rings. The molecule has 0 atom stereocenters. The fraction of sp³-hybridized carbons (Fsp3) is 0.875. The Hall–Kier alpha value is -0.570. The van der Waals surface area contributed by atoms with Gasteiger partial charge in [0.25, 0.3) is 0 Å². The van der Waals surface area contributed by atoms with Crippen molar-refractivity contribution >= 4 is 5.91 Å². The van der Waals surface area contributed by atoms with Crippen molar-refractivity contribution in [2.45, 2.75) is 25.7 Å². The van der Waals surface area contributed by atoms with Crippen LogP contribution in [0.2, 0.25) is 0 Å². The van der Waals surface area contributed by atoms with Gasteiger partial charge in [-0.1, -0.05) is 12.8 Å². The van der Waals surface area contributed by atoms with Crippen LogP contribution in [0.25, 0.3) is 0 Å². The molecule has 0 heterocycles. The highest BCUT2D eigenvalue weighted by molar-refractivity contribution is 5.78. The van der Waals surface area contributed by atoms with Crippen LogP contribution in [0.5, 0.6) is 0 Å². The maximum Gasteiger partial charge on any atom is 0.226 e. The largest absolute Gasteiger partial charge is 0.333 e. The number of carbonyl (C=O) groups is 1. The molecule has 0 aromatic heterocycles. The number of rotatable bonds is 2. The van der Waals surface area contributed by atoms with E-state index in [0.717, 1.165) is 12.8 Å². The minimum absolute atomic E-state index is 0.227. The van der Waals surface area contributed by atoms with Crippen LogP contribution in [-0.4, -0.2) is 24.5 Å². The Labute approximate surface area is 67.5 Å². The second-order valence-electron chi connectivity index (χ2n) is 3.20. The molecule has 0 bridgehead atoms. The molecule has 0 aromatic rings. The SMILES string of the molecule is CN(CN)C(=O)C1CCCC1. The van der Waals surface area contributed by atoms with Gasteiger partial charge in [0.05, 0.1) is 6.67 Å². The van der Waals surface area contributed by atoms with E-state index < -0.39 is 0 Å².